The van der Waals surface area contributed by atoms with Crippen molar-refractivity contribution < 1.29 is 4.74 Å². The van der Waals surface area contributed by atoms with Crippen molar-refractivity contribution in [3.05, 3.63) is 29.3 Å². The van der Waals surface area contributed by atoms with Crippen molar-refractivity contribution in [2.45, 2.75) is 51.1 Å². The largest absolute Gasteiger partial charge is 0.493 e. The van der Waals surface area contributed by atoms with Crippen LogP contribution in [0.25, 0.3) is 0 Å². The lowest BCUT2D eigenvalue weighted by Crippen LogP contribution is -2.29. The predicted molar refractivity (Wildman–Crippen MR) is 69.6 cm³/mol. The average molecular weight is 231 g/mol. The summed E-state index contributed by atoms with van der Waals surface area (Å²) in [5.41, 5.74) is 2.84. The number of benzene rings is 1. The summed E-state index contributed by atoms with van der Waals surface area (Å²) in [5.74, 6) is 1.10. The average Bonchev–Trinajstić information content (AvgIpc) is 3.12. The van der Waals surface area contributed by atoms with Crippen LogP contribution in [0.1, 0.15) is 37.3 Å². The van der Waals surface area contributed by atoms with Gasteiger partial charge in [0.2, 0.25) is 0 Å². The highest BCUT2D eigenvalue weighted by atomic mass is 16.5. The van der Waals surface area contributed by atoms with Crippen molar-refractivity contribution in [2.24, 2.45) is 0 Å². The molecule has 0 bridgehead atoms. The Balaban J connectivity index is 1.65. The summed E-state index contributed by atoms with van der Waals surface area (Å²) in [6, 6.07) is 8.08. The number of ether oxygens (including phenoxy) is 1. The van der Waals surface area contributed by atoms with Crippen LogP contribution in [-0.4, -0.2) is 18.7 Å². The highest BCUT2D eigenvalue weighted by molar-refractivity contribution is 5.38. The lowest BCUT2D eigenvalue weighted by atomic mass is 10.00. The lowest BCUT2D eigenvalue weighted by molar-refractivity contribution is 0.288. The van der Waals surface area contributed by atoms with E-state index in [1.165, 1.54) is 30.4 Å². The van der Waals surface area contributed by atoms with E-state index in [1.54, 1.807) is 0 Å². The predicted octanol–water partition coefficient (Wildman–Crippen LogP) is 2.69. The fraction of sp³-hybridized carbons (Fsp3) is 0.600. The maximum absolute atomic E-state index is 5.64. The Morgan fingerprint density at radius 3 is 3.12 bits per heavy atom. The summed E-state index contributed by atoms with van der Waals surface area (Å²) in [6.07, 6.45) is 6.19. The van der Waals surface area contributed by atoms with Crippen LogP contribution in [0.5, 0.6) is 5.75 Å². The van der Waals surface area contributed by atoms with Crippen molar-refractivity contribution in [3.63, 3.8) is 0 Å². The Labute approximate surface area is 103 Å². The van der Waals surface area contributed by atoms with Crippen LogP contribution in [0.2, 0.25) is 0 Å². The molecular formula is C15H21NO. The third-order valence-corrected chi connectivity index (χ3v) is 3.61. The number of nitrogens with one attached hydrogen (secondary N) is 1. The highest BCUT2D eigenvalue weighted by Crippen LogP contribution is 2.26. The molecule has 0 amide bonds. The Morgan fingerprint density at radius 2 is 2.29 bits per heavy atom. The normalized spacial score (nSPS) is 20.5. The first kappa shape index (κ1) is 11.1. The summed E-state index contributed by atoms with van der Waals surface area (Å²) in [7, 11) is 0. The van der Waals surface area contributed by atoms with E-state index in [4.69, 9.17) is 4.74 Å². The fourth-order valence-electron chi connectivity index (χ4n) is 2.61. The standard InChI is InChI=1S/C15H21NO/c1-11(16-14-5-6-14)9-12-4-7-15-13(10-12)3-2-8-17-15/h4,7,10-11,14,16H,2-3,5-6,8-9H2,1H3. The van der Waals surface area contributed by atoms with Crippen LogP contribution in [0.15, 0.2) is 18.2 Å². The first-order valence-electron chi connectivity index (χ1n) is 6.82. The summed E-state index contributed by atoms with van der Waals surface area (Å²) in [6.45, 7) is 3.17. The number of hydrogen-bond donors (Lipinski definition) is 1. The topological polar surface area (TPSA) is 21.3 Å². The number of hydrogen-bond acceptors (Lipinski definition) is 2. The molecule has 1 heterocycles. The maximum atomic E-state index is 5.64. The molecule has 1 N–H and O–H groups in total. The van der Waals surface area contributed by atoms with Crippen molar-refractivity contribution in [1.82, 2.24) is 5.32 Å². The van der Waals surface area contributed by atoms with Crippen LogP contribution < -0.4 is 10.1 Å². The molecule has 0 aromatic heterocycles. The maximum Gasteiger partial charge on any atom is 0.122 e. The molecule has 1 aromatic rings. The van der Waals surface area contributed by atoms with Crippen LogP contribution in [0.4, 0.5) is 0 Å². The van der Waals surface area contributed by atoms with Gasteiger partial charge in [0.15, 0.2) is 0 Å². The van der Waals surface area contributed by atoms with Gasteiger partial charge in [0.05, 0.1) is 6.61 Å². The van der Waals surface area contributed by atoms with Crippen molar-refractivity contribution in [1.29, 1.82) is 0 Å². The Morgan fingerprint density at radius 1 is 1.41 bits per heavy atom. The Kier molecular flexibility index (Phi) is 3.06. The minimum absolute atomic E-state index is 0.588. The molecule has 1 saturated carbocycles. The van der Waals surface area contributed by atoms with Gasteiger partial charge in [-0.25, -0.2) is 0 Å². The van der Waals surface area contributed by atoms with Crippen LogP contribution in [-0.2, 0) is 12.8 Å². The van der Waals surface area contributed by atoms with Gasteiger partial charge in [-0.1, -0.05) is 12.1 Å². The van der Waals surface area contributed by atoms with Crippen molar-refractivity contribution in [3.8, 4) is 5.75 Å². The zero-order valence-electron chi connectivity index (χ0n) is 10.5. The molecule has 0 radical (unpaired) electrons. The first-order valence-corrected chi connectivity index (χ1v) is 6.82. The molecule has 0 saturated heterocycles. The number of aryl methyl sites for hydroxylation is 1. The summed E-state index contributed by atoms with van der Waals surface area (Å²) in [4.78, 5) is 0. The van der Waals surface area contributed by atoms with E-state index < -0.39 is 0 Å². The minimum Gasteiger partial charge on any atom is -0.493 e. The summed E-state index contributed by atoms with van der Waals surface area (Å²) in [5, 5.41) is 3.65. The van der Waals surface area contributed by atoms with Crippen molar-refractivity contribution >= 4 is 0 Å². The van der Waals surface area contributed by atoms with Gasteiger partial charge in [-0.15, -0.1) is 0 Å². The first-order chi connectivity index (χ1) is 8.31. The molecular weight excluding hydrogens is 210 g/mol. The van der Waals surface area contributed by atoms with Gasteiger partial charge in [0, 0.05) is 12.1 Å². The van der Waals surface area contributed by atoms with E-state index in [2.05, 4.69) is 30.4 Å². The zero-order chi connectivity index (χ0) is 11.7. The van der Waals surface area contributed by atoms with E-state index in [-0.39, 0.29) is 0 Å². The van der Waals surface area contributed by atoms with Crippen LogP contribution in [0, 0.1) is 0 Å². The smallest absolute Gasteiger partial charge is 0.122 e. The SMILES string of the molecule is CC(Cc1ccc2c(c1)CCCO2)NC1CC1. The molecule has 1 unspecified atom stereocenters. The molecule has 3 rings (SSSR count). The molecule has 1 atom stereocenters. The molecule has 1 aromatic carbocycles. The van der Waals surface area contributed by atoms with Gasteiger partial charge in [-0.3, -0.25) is 0 Å². The van der Waals surface area contributed by atoms with Gasteiger partial charge in [-0.05, 0) is 56.2 Å². The highest BCUT2D eigenvalue weighted by Gasteiger charge is 2.22. The van der Waals surface area contributed by atoms with Crippen LogP contribution >= 0.6 is 0 Å². The quantitative estimate of drug-likeness (QED) is 0.860. The number of fused-ring (bicyclic) bond motifs is 1. The van der Waals surface area contributed by atoms with E-state index in [1.807, 2.05) is 0 Å². The zero-order valence-corrected chi connectivity index (χ0v) is 10.5. The summed E-state index contributed by atoms with van der Waals surface area (Å²) >= 11 is 0. The second-order valence-corrected chi connectivity index (χ2v) is 5.44. The van der Waals surface area contributed by atoms with Crippen LogP contribution in [0.3, 0.4) is 0 Å². The third kappa shape index (κ3) is 2.81. The molecule has 2 nitrogen and oxygen atoms in total. The van der Waals surface area contributed by atoms with E-state index in [0.717, 1.165) is 31.2 Å². The molecule has 17 heavy (non-hydrogen) atoms. The van der Waals surface area contributed by atoms with E-state index >= 15 is 0 Å². The fourth-order valence-corrected chi connectivity index (χ4v) is 2.61. The van der Waals surface area contributed by atoms with Crippen molar-refractivity contribution in [2.75, 3.05) is 6.61 Å². The van der Waals surface area contributed by atoms with Gasteiger partial charge in [0.1, 0.15) is 5.75 Å². The van der Waals surface area contributed by atoms with Gasteiger partial charge >= 0.3 is 0 Å². The second-order valence-electron chi connectivity index (χ2n) is 5.44. The molecule has 0 spiro atoms. The third-order valence-electron chi connectivity index (χ3n) is 3.61. The van der Waals surface area contributed by atoms with Gasteiger partial charge in [-0.2, -0.15) is 0 Å². The molecule has 1 fully saturated rings. The van der Waals surface area contributed by atoms with E-state index in [9.17, 15) is 0 Å². The van der Waals surface area contributed by atoms with Gasteiger partial charge < -0.3 is 10.1 Å². The molecule has 92 valence electrons. The monoisotopic (exact) mass is 231 g/mol. The Hall–Kier alpha value is -1.02. The molecule has 1 aliphatic heterocycles. The van der Waals surface area contributed by atoms with E-state index in [0.29, 0.717) is 6.04 Å². The number of rotatable bonds is 4. The lowest BCUT2D eigenvalue weighted by Gasteiger charge is -2.19. The Bertz CT molecular complexity index is 398. The van der Waals surface area contributed by atoms with Gasteiger partial charge in [0.25, 0.3) is 0 Å². The second kappa shape index (κ2) is 4.69. The molecule has 2 aliphatic rings. The molecule has 1 aliphatic carbocycles. The minimum atomic E-state index is 0.588. The summed E-state index contributed by atoms with van der Waals surface area (Å²) < 4.78 is 5.64. The molecule has 2 heteroatoms.